The fourth-order valence-electron chi connectivity index (χ4n) is 2.57. The Hall–Kier alpha value is -2.62. The van der Waals surface area contributed by atoms with Gasteiger partial charge in [0, 0.05) is 6.07 Å². The molecule has 7 nitrogen and oxygen atoms in total. The topological polar surface area (TPSA) is 90.0 Å². The molecule has 0 aliphatic carbocycles. The smallest absolute Gasteiger partial charge is 0.276 e. The maximum absolute atomic E-state index is 13.0. The highest BCUT2D eigenvalue weighted by Gasteiger charge is 2.17. The quantitative estimate of drug-likeness (QED) is 0.376. The number of para-hydroxylation sites is 1. The number of benzene rings is 1. The molecular weight excluding hydrogens is 420 g/mol. The summed E-state index contributed by atoms with van der Waals surface area (Å²) in [4.78, 5) is 29.9. The first-order chi connectivity index (χ1) is 13.5. The molecule has 1 aromatic carbocycles. The SMILES string of the molecule is Cc1cc(NC(=O)CSc2nc3ccsc3c(=O)n2-c2ccccc2Cl)no1. The Morgan fingerprint density at radius 1 is 1.36 bits per heavy atom. The van der Waals surface area contributed by atoms with E-state index in [2.05, 4.69) is 15.5 Å². The van der Waals surface area contributed by atoms with Crippen molar-refractivity contribution < 1.29 is 9.32 Å². The summed E-state index contributed by atoms with van der Waals surface area (Å²) in [6, 6.07) is 10.4. The minimum absolute atomic E-state index is 0.0401. The summed E-state index contributed by atoms with van der Waals surface area (Å²) < 4.78 is 6.91. The molecule has 10 heteroatoms. The molecule has 3 heterocycles. The third kappa shape index (κ3) is 3.68. The van der Waals surface area contributed by atoms with Crippen LogP contribution in [-0.2, 0) is 4.79 Å². The number of carbonyl (C=O) groups excluding carboxylic acids is 1. The molecular formula is C18H13ClN4O3S2. The Morgan fingerprint density at radius 3 is 2.93 bits per heavy atom. The van der Waals surface area contributed by atoms with E-state index < -0.39 is 0 Å². The maximum atomic E-state index is 13.0. The number of anilines is 1. The van der Waals surface area contributed by atoms with Gasteiger partial charge in [0.25, 0.3) is 5.56 Å². The monoisotopic (exact) mass is 432 g/mol. The molecule has 28 heavy (non-hydrogen) atoms. The molecule has 0 saturated heterocycles. The zero-order valence-electron chi connectivity index (χ0n) is 14.5. The molecule has 0 bridgehead atoms. The van der Waals surface area contributed by atoms with Crippen molar-refractivity contribution in [3.8, 4) is 5.69 Å². The summed E-state index contributed by atoms with van der Waals surface area (Å²) in [6.45, 7) is 1.74. The van der Waals surface area contributed by atoms with Gasteiger partial charge in [-0.3, -0.25) is 14.2 Å². The molecule has 0 aliphatic heterocycles. The molecule has 0 radical (unpaired) electrons. The van der Waals surface area contributed by atoms with E-state index >= 15 is 0 Å². The van der Waals surface area contributed by atoms with Crippen molar-refractivity contribution in [1.29, 1.82) is 0 Å². The highest BCUT2D eigenvalue weighted by Crippen LogP contribution is 2.27. The van der Waals surface area contributed by atoms with E-state index in [9.17, 15) is 9.59 Å². The van der Waals surface area contributed by atoms with Crippen LogP contribution < -0.4 is 10.9 Å². The van der Waals surface area contributed by atoms with Gasteiger partial charge in [-0.1, -0.05) is 40.7 Å². The first kappa shape index (κ1) is 18.7. The van der Waals surface area contributed by atoms with E-state index in [4.69, 9.17) is 16.1 Å². The predicted octanol–water partition coefficient (Wildman–Crippen LogP) is 4.13. The standard InChI is InChI=1S/C18H13ClN4O3S2/c1-10-8-14(22-26-10)21-15(24)9-28-18-20-12-6-7-27-16(12)17(25)23(18)13-5-3-2-4-11(13)19/h2-8H,9H2,1H3,(H,21,22,24). The number of fused-ring (bicyclic) bond motifs is 1. The number of aromatic nitrogens is 3. The highest BCUT2D eigenvalue weighted by atomic mass is 35.5. The summed E-state index contributed by atoms with van der Waals surface area (Å²) in [7, 11) is 0. The average molecular weight is 433 g/mol. The minimum atomic E-state index is -0.288. The van der Waals surface area contributed by atoms with Crippen LogP contribution in [0.1, 0.15) is 5.76 Å². The molecule has 1 amide bonds. The van der Waals surface area contributed by atoms with Crippen molar-refractivity contribution in [2.45, 2.75) is 12.1 Å². The van der Waals surface area contributed by atoms with Crippen molar-refractivity contribution in [2.24, 2.45) is 0 Å². The van der Waals surface area contributed by atoms with Gasteiger partial charge in [-0.25, -0.2) is 4.98 Å². The lowest BCUT2D eigenvalue weighted by Gasteiger charge is -2.13. The number of halogens is 1. The fourth-order valence-corrected chi connectivity index (χ4v) is 4.35. The van der Waals surface area contributed by atoms with Crippen LogP contribution in [0.3, 0.4) is 0 Å². The summed E-state index contributed by atoms with van der Waals surface area (Å²) in [5.41, 5.74) is 0.892. The van der Waals surface area contributed by atoms with E-state index in [1.165, 1.54) is 15.9 Å². The van der Waals surface area contributed by atoms with Gasteiger partial charge in [-0.15, -0.1) is 11.3 Å². The van der Waals surface area contributed by atoms with Gasteiger partial charge < -0.3 is 9.84 Å². The first-order valence-corrected chi connectivity index (χ1v) is 10.4. The second-order valence-corrected chi connectivity index (χ2v) is 8.05. The van der Waals surface area contributed by atoms with Crippen molar-refractivity contribution in [3.63, 3.8) is 0 Å². The van der Waals surface area contributed by atoms with Crippen molar-refractivity contribution in [1.82, 2.24) is 14.7 Å². The Balaban J connectivity index is 1.68. The molecule has 4 aromatic rings. The molecule has 142 valence electrons. The molecule has 1 N–H and O–H groups in total. The Bertz CT molecular complexity index is 1230. The Labute approximate surface area is 172 Å². The maximum Gasteiger partial charge on any atom is 0.276 e. The third-order valence-electron chi connectivity index (χ3n) is 3.77. The lowest BCUT2D eigenvalue weighted by Crippen LogP contribution is -2.22. The van der Waals surface area contributed by atoms with Crippen LogP contribution in [0.4, 0.5) is 5.82 Å². The zero-order valence-corrected chi connectivity index (χ0v) is 16.9. The fraction of sp³-hybridized carbons (Fsp3) is 0.111. The van der Waals surface area contributed by atoms with E-state index in [-0.39, 0.29) is 17.2 Å². The molecule has 3 aromatic heterocycles. The number of thiophene rings is 1. The van der Waals surface area contributed by atoms with Crippen LogP contribution in [0.5, 0.6) is 0 Å². The number of nitrogens with one attached hydrogen (secondary N) is 1. The number of thioether (sulfide) groups is 1. The van der Waals surface area contributed by atoms with Crippen molar-refractivity contribution in [2.75, 3.05) is 11.1 Å². The number of hydrogen-bond donors (Lipinski definition) is 1. The Morgan fingerprint density at radius 2 is 2.18 bits per heavy atom. The molecule has 0 atom stereocenters. The number of aryl methyl sites for hydroxylation is 1. The van der Waals surface area contributed by atoms with E-state index in [1.54, 1.807) is 43.3 Å². The molecule has 0 fully saturated rings. The number of hydrogen-bond acceptors (Lipinski definition) is 7. The largest absolute Gasteiger partial charge is 0.360 e. The van der Waals surface area contributed by atoms with Crippen molar-refractivity contribution in [3.05, 3.63) is 62.9 Å². The number of nitrogens with zero attached hydrogens (tertiary/aromatic N) is 3. The molecule has 0 saturated carbocycles. The minimum Gasteiger partial charge on any atom is -0.360 e. The predicted molar refractivity (Wildman–Crippen MR) is 111 cm³/mol. The van der Waals surface area contributed by atoms with E-state index in [0.717, 1.165) is 11.8 Å². The third-order valence-corrected chi connectivity index (χ3v) is 5.92. The normalized spacial score (nSPS) is 11.1. The van der Waals surface area contributed by atoms with Gasteiger partial charge >= 0.3 is 0 Å². The van der Waals surface area contributed by atoms with Gasteiger partial charge in [0.2, 0.25) is 5.91 Å². The van der Waals surface area contributed by atoms with Gasteiger partial charge in [-0.05, 0) is 30.5 Å². The molecule has 0 spiro atoms. The zero-order chi connectivity index (χ0) is 19.7. The van der Waals surface area contributed by atoms with Gasteiger partial charge in [0.15, 0.2) is 11.0 Å². The van der Waals surface area contributed by atoms with Crippen LogP contribution in [0.2, 0.25) is 5.02 Å². The Kier molecular flexibility index (Phi) is 5.21. The number of carbonyl (C=O) groups is 1. The average Bonchev–Trinajstić information content (AvgIpc) is 3.30. The molecule has 0 aliphatic rings. The van der Waals surface area contributed by atoms with Crippen LogP contribution >= 0.6 is 34.7 Å². The number of amides is 1. The lowest BCUT2D eigenvalue weighted by atomic mass is 10.3. The highest BCUT2D eigenvalue weighted by molar-refractivity contribution is 7.99. The lowest BCUT2D eigenvalue weighted by molar-refractivity contribution is -0.113. The van der Waals surface area contributed by atoms with Crippen LogP contribution in [-0.4, -0.2) is 26.4 Å². The second kappa shape index (κ2) is 7.78. The van der Waals surface area contributed by atoms with Gasteiger partial charge in [0.1, 0.15) is 10.5 Å². The van der Waals surface area contributed by atoms with E-state index in [0.29, 0.717) is 37.7 Å². The van der Waals surface area contributed by atoms with Gasteiger partial charge in [0.05, 0.1) is 22.0 Å². The van der Waals surface area contributed by atoms with Crippen LogP contribution in [0, 0.1) is 6.92 Å². The summed E-state index contributed by atoms with van der Waals surface area (Å²) in [5, 5.41) is 9.00. The van der Waals surface area contributed by atoms with Crippen LogP contribution in [0.15, 0.2) is 56.3 Å². The number of rotatable bonds is 5. The molecule has 4 rings (SSSR count). The summed E-state index contributed by atoms with van der Waals surface area (Å²) >= 11 is 8.77. The van der Waals surface area contributed by atoms with Crippen LogP contribution in [0.25, 0.3) is 15.9 Å². The van der Waals surface area contributed by atoms with Gasteiger partial charge in [-0.2, -0.15) is 0 Å². The first-order valence-electron chi connectivity index (χ1n) is 8.14. The second-order valence-electron chi connectivity index (χ2n) is 5.78. The molecule has 0 unspecified atom stereocenters. The summed E-state index contributed by atoms with van der Waals surface area (Å²) in [5.74, 6) is 0.690. The van der Waals surface area contributed by atoms with E-state index in [1.807, 2.05) is 5.38 Å². The summed E-state index contributed by atoms with van der Waals surface area (Å²) in [6.07, 6.45) is 0. The van der Waals surface area contributed by atoms with Crippen molar-refractivity contribution >= 4 is 56.6 Å².